The van der Waals surface area contributed by atoms with Crippen LogP contribution in [0.15, 0.2) is 29.4 Å². The second-order valence-corrected chi connectivity index (χ2v) is 7.17. The zero-order valence-electron chi connectivity index (χ0n) is 11.2. The lowest BCUT2D eigenvalue weighted by molar-refractivity contribution is 0.220. The van der Waals surface area contributed by atoms with Gasteiger partial charge in [-0.2, -0.15) is 4.72 Å². The van der Waals surface area contributed by atoms with E-state index in [4.69, 9.17) is 18.0 Å². The number of nitrogens with two attached hydrogens (primary N) is 1. The number of hydrogen-bond donors (Lipinski definition) is 2. The van der Waals surface area contributed by atoms with Crippen LogP contribution in [0.4, 0.5) is 0 Å². The van der Waals surface area contributed by atoms with Crippen molar-refractivity contribution in [2.24, 2.45) is 5.73 Å². The molecule has 2 rings (SSSR count). The van der Waals surface area contributed by atoms with E-state index in [1.165, 1.54) is 18.5 Å². The highest BCUT2D eigenvalue weighted by molar-refractivity contribution is 7.89. The lowest BCUT2D eigenvalue weighted by Crippen LogP contribution is -2.61. The molecule has 0 radical (unpaired) electrons. The van der Waals surface area contributed by atoms with Gasteiger partial charge < -0.3 is 10.6 Å². The maximum atomic E-state index is 12.4. The van der Waals surface area contributed by atoms with Crippen molar-refractivity contribution in [3.05, 3.63) is 24.5 Å². The zero-order valence-corrected chi connectivity index (χ0v) is 12.9. The van der Waals surface area contributed by atoms with Crippen molar-refractivity contribution in [1.29, 1.82) is 0 Å². The number of nitrogens with one attached hydrogen (secondary N) is 1. The molecule has 1 aliphatic heterocycles. The van der Waals surface area contributed by atoms with Crippen molar-refractivity contribution < 1.29 is 8.42 Å². The SMILES string of the molecule is CN1CCC(NS(=O)(=O)c2cccnc2)(C(N)=S)CC1. The Balaban J connectivity index is 2.27. The van der Waals surface area contributed by atoms with Gasteiger partial charge in [-0.3, -0.25) is 4.98 Å². The topological polar surface area (TPSA) is 88.3 Å². The lowest BCUT2D eigenvalue weighted by Gasteiger charge is -2.40. The van der Waals surface area contributed by atoms with Crippen molar-refractivity contribution >= 4 is 27.2 Å². The molecule has 0 saturated carbocycles. The first-order valence-corrected chi connectivity index (χ1v) is 8.17. The zero-order chi connectivity index (χ0) is 14.8. The number of hydrogen-bond acceptors (Lipinski definition) is 5. The average Bonchev–Trinajstić information content (AvgIpc) is 2.42. The van der Waals surface area contributed by atoms with E-state index < -0.39 is 15.6 Å². The number of piperidine rings is 1. The Hall–Kier alpha value is -1.09. The van der Waals surface area contributed by atoms with Gasteiger partial charge in [0.2, 0.25) is 10.0 Å². The molecular weight excluding hydrogens is 296 g/mol. The Morgan fingerprint density at radius 1 is 1.50 bits per heavy atom. The molecule has 110 valence electrons. The molecule has 1 saturated heterocycles. The van der Waals surface area contributed by atoms with Crippen LogP contribution in [0.1, 0.15) is 12.8 Å². The third kappa shape index (κ3) is 3.14. The van der Waals surface area contributed by atoms with Crippen LogP contribution < -0.4 is 10.5 Å². The number of rotatable bonds is 4. The number of nitrogens with zero attached hydrogens (tertiary/aromatic N) is 2. The number of sulfonamides is 1. The van der Waals surface area contributed by atoms with Gasteiger partial charge in [-0.1, -0.05) is 12.2 Å². The Morgan fingerprint density at radius 2 is 2.15 bits per heavy atom. The lowest BCUT2D eigenvalue weighted by atomic mass is 9.89. The summed E-state index contributed by atoms with van der Waals surface area (Å²) in [5, 5.41) is 0. The maximum absolute atomic E-state index is 12.4. The Kier molecular flexibility index (Phi) is 4.38. The molecule has 0 amide bonds. The van der Waals surface area contributed by atoms with Crippen LogP contribution >= 0.6 is 12.2 Å². The predicted octanol–water partition coefficient (Wildman–Crippen LogP) is 0.110. The number of likely N-dealkylation sites (tertiary alicyclic amines) is 1. The second kappa shape index (κ2) is 5.72. The van der Waals surface area contributed by atoms with Crippen molar-refractivity contribution in [3.63, 3.8) is 0 Å². The van der Waals surface area contributed by atoms with Gasteiger partial charge in [0, 0.05) is 25.5 Å². The fraction of sp³-hybridized carbons (Fsp3) is 0.500. The highest BCUT2D eigenvalue weighted by Gasteiger charge is 2.40. The molecule has 3 N–H and O–H groups in total. The Morgan fingerprint density at radius 3 is 2.65 bits per heavy atom. The van der Waals surface area contributed by atoms with Gasteiger partial charge in [0.05, 0.1) is 10.5 Å². The summed E-state index contributed by atoms with van der Waals surface area (Å²) in [6.45, 7) is 1.49. The highest BCUT2D eigenvalue weighted by Crippen LogP contribution is 2.24. The minimum atomic E-state index is -3.68. The van der Waals surface area contributed by atoms with E-state index in [-0.39, 0.29) is 9.88 Å². The van der Waals surface area contributed by atoms with Crippen LogP contribution in [-0.4, -0.2) is 49.0 Å². The van der Waals surface area contributed by atoms with E-state index in [1.807, 2.05) is 7.05 Å². The molecule has 2 heterocycles. The van der Waals surface area contributed by atoms with Crippen LogP contribution in [0.3, 0.4) is 0 Å². The van der Waals surface area contributed by atoms with E-state index in [9.17, 15) is 8.42 Å². The molecule has 0 aromatic carbocycles. The van der Waals surface area contributed by atoms with Gasteiger partial charge in [0.15, 0.2) is 0 Å². The highest BCUT2D eigenvalue weighted by atomic mass is 32.2. The molecule has 0 spiro atoms. The summed E-state index contributed by atoms with van der Waals surface area (Å²) >= 11 is 5.10. The van der Waals surface area contributed by atoms with E-state index >= 15 is 0 Å². The van der Waals surface area contributed by atoms with E-state index in [0.717, 1.165) is 13.1 Å². The minimum Gasteiger partial charge on any atom is -0.392 e. The predicted molar refractivity (Wildman–Crippen MR) is 80.8 cm³/mol. The second-order valence-electron chi connectivity index (χ2n) is 5.04. The first-order valence-electron chi connectivity index (χ1n) is 6.28. The molecule has 1 aromatic heterocycles. The van der Waals surface area contributed by atoms with Crippen LogP contribution in [0.2, 0.25) is 0 Å². The summed E-state index contributed by atoms with van der Waals surface area (Å²) in [5.74, 6) is 0. The Labute approximate surface area is 124 Å². The minimum absolute atomic E-state index is 0.120. The molecule has 0 atom stereocenters. The van der Waals surface area contributed by atoms with Gasteiger partial charge in [0.1, 0.15) is 4.90 Å². The van der Waals surface area contributed by atoms with Gasteiger partial charge in [-0.05, 0) is 32.0 Å². The standard InChI is InChI=1S/C12H18N4O2S2/c1-16-7-4-12(5-8-16,11(13)19)15-20(17,18)10-3-2-6-14-9-10/h2-3,6,9,15H,4-5,7-8H2,1H3,(H2,13,19). The quantitative estimate of drug-likeness (QED) is 0.767. The summed E-state index contributed by atoms with van der Waals surface area (Å²) in [6.07, 6.45) is 3.97. The largest absolute Gasteiger partial charge is 0.392 e. The molecule has 0 unspecified atom stereocenters. The third-order valence-electron chi connectivity index (χ3n) is 3.59. The van der Waals surface area contributed by atoms with Crippen LogP contribution in [0.25, 0.3) is 0 Å². The van der Waals surface area contributed by atoms with E-state index in [2.05, 4.69) is 14.6 Å². The number of aromatic nitrogens is 1. The van der Waals surface area contributed by atoms with Crippen molar-refractivity contribution in [3.8, 4) is 0 Å². The van der Waals surface area contributed by atoms with E-state index in [0.29, 0.717) is 12.8 Å². The Bertz CT molecular complexity index is 581. The smallest absolute Gasteiger partial charge is 0.242 e. The molecule has 20 heavy (non-hydrogen) atoms. The van der Waals surface area contributed by atoms with Gasteiger partial charge in [-0.25, -0.2) is 8.42 Å². The van der Waals surface area contributed by atoms with Crippen LogP contribution in [0, 0.1) is 0 Å². The van der Waals surface area contributed by atoms with Gasteiger partial charge >= 0.3 is 0 Å². The number of thiocarbonyl (C=S) groups is 1. The normalized spacial score (nSPS) is 19.6. The summed E-state index contributed by atoms with van der Waals surface area (Å²) in [6, 6.07) is 3.08. The molecule has 6 nitrogen and oxygen atoms in total. The maximum Gasteiger partial charge on any atom is 0.242 e. The fourth-order valence-corrected chi connectivity index (χ4v) is 3.94. The first kappa shape index (κ1) is 15.3. The van der Waals surface area contributed by atoms with Crippen LogP contribution in [-0.2, 0) is 10.0 Å². The van der Waals surface area contributed by atoms with Gasteiger partial charge in [0.25, 0.3) is 0 Å². The molecular formula is C12H18N4O2S2. The molecule has 1 aliphatic rings. The number of pyridine rings is 1. The monoisotopic (exact) mass is 314 g/mol. The summed E-state index contributed by atoms with van der Waals surface area (Å²) in [7, 11) is -1.69. The van der Waals surface area contributed by atoms with Crippen molar-refractivity contribution in [2.75, 3.05) is 20.1 Å². The molecule has 8 heteroatoms. The summed E-state index contributed by atoms with van der Waals surface area (Å²) in [4.78, 5) is 6.26. The molecule has 0 aliphatic carbocycles. The molecule has 0 bridgehead atoms. The van der Waals surface area contributed by atoms with Crippen molar-refractivity contribution in [2.45, 2.75) is 23.3 Å². The summed E-state index contributed by atoms with van der Waals surface area (Å²) < 4.78 is 27.5. The van der Waals surface area contributed by atoms with Gasteiger partial charge in [-0.15, -0.1) is 0 Å². The van der Waals surface area contributed by atoms with E-state index in [1.54, 1.807) is 6.07 Å². The molecule has 1 fully saturated rings. The average molecular weight is 314 g/mol. The first-order chi connectivity index (χ1) is 9.36. The van der Waals surface area contributed by atoms with Crippen molar-refractivity contribution in [1.82, 2.24) is 14.6 Å². The fourth-order valence-electron chi connectivity index (χ4n) is 2.22. The van der Waals surface area contributed by atoms with Crippen LogP contribution in [0.5, 0.6) is 0 Å². The summed E-state index contributed by atoms with van der Waals surface area (Å²) in [5.41, 5.74) is 4.95. The molecule has 1 aromatic rings. The third-order valence-corrected chi connectivity index (χ3v) is 5.50.